The Bertz CT molecular complexity index is 139. The van der Waals surface area contributed by atoms with E-state index < -0.39 is 13.9 Å². The van der Waals surface area contributed by atoms with Crippen LogP contribution in [0.1, 0.15) is 20.8 Å². The summed E-state index contributed by atoms with van der Waals surface area (Å²) in [4.78, 5) is 10.4. The molecule has 0 fully saturated rings. The van der Waals surface area contributed by atoms with Crippen molar-refractivity contribution in [3.8, 4) is 0 Å². The van der Waals surface area contributed by atoms with Gasteiger partial charge in [0.15, 0.2) is 0 Å². The molecule has 2 N–H and O–H groups in total. The fraction of sp³-hybridized carbons (Fsp3) is 1.00. The number of hydrogen-bond donors (Lipinski definition) is 2. The average molecular weight is 289 g/mol. The van der Waals surface area contributed by atoms with E-state index in [-0.39, 0.29) is 5.33 Å². The van der Waals surface area contributed by atoms with Crippen LogP contribution in [-0.4, -0.2) is 45.7 Å². The van der Waals surface area contributed by atoms with Crippen molar-refractivity contribution in [1.29, 1.82) is 0 Å². The number of halogens is 1. The van der Waals surface area contributed by atoms with Gasteiger partial charge in [0.2, 0.25) is 0 Å². The molecule has 0 amide bonds. The fourth-order valence-electron chi connectivity index (χ4n) is 0.730. The largest absolute Gasteiger partial charge is 0.538 e. The van der Waals surface area contributed by atoms with Gasteiger partial charge >= 0.3 is 8.03 Å². The second-order valence-corrected chi connectivity index (χ2v) is 4.41. The predicted octanol–water partition coefficient (Wildman–Crippen LogP) is 1.78. The summed E-state index contributed by atoms with van der Waals surface area (Å²) >= 11 is 2.82. The molecule has 0 aromatic heterocycles. The van der Waals surface area contributed by atoms with Crippen molar-refractivity contribution in [2.75, 3.05) is 25.0 Å². The zero-order chi connectivity index (χ0) is 11.6. The van der Waals surface area contributed by atoms with Crippen molar-refractivity contribution in [3.63, 3.8) is 0 Å². The summed E-state index contributed by atoms with van der Waals surface area (Å²) in [5.41, 5.74) is 0. The van der Waals surface area contributed by atoms with Crippen LogP contribution in [0.3, 0.4) is 0 Å². The Labute approximate surface area is 95.3 Å². The van der Waals surface area contributed by atoms with Crippen molar-refractivity contribution in [2.45, 2.75) is 26.6 Å². The Morgan fingerprint density at radius 2 is 1.64 bits per heavy atom. The zero-order valence-electron chi connectivity index (χ0n) is 8.98. The Balaban J connectivity index is 0. The first-order valence-electron chi connectivity index (χ1n) is 4.64. The van der Waals surface area contributed by atoms with Gasteiger partial charge in [0.25, 0.3) is 5.85 Å². The third-order valence-electron chi connectivity index (χ3n) is 1.73. The third-order valence-corrected chi connectivity index (χ3v) is 3.54. The molecule has 4 nitrogen and oxygen atoms in total. The molecule has 2 atom stereocenters. The molecule has 6 heteroatoms. The summed E-state index contributed by atoms with van der Waals surface area (Å²) in [5.74, 6) is -1.12. The van der Waals surface area contributed by atoms with Crippen LogP contribution in [0, 0.1) is 0 Å². The lowest BCUT2D eigenvalue weighted by Crippen LogP contribution is -2.21. The summed E-state index contributed by atoms with van der Waals surface area (Å²) < 4.78 is 9.80. The van der Waals surface area contributed by atoms with Crippen molar-refractivity contribution in [3.05, 3.63) is 0 Å². The molecule has 86 valence electrons. The number of hydrogen-bond acceptors (Lipinski definition) is 3. The first-order valence-corrected chi connectivity index (χ1v) is 7.05. The van der Waals surface area contributed by atoms with Gasteiger partial charge in [0, 0.05) is 0 Å². The van der Waals surface area contributed by atoms with Gasteiger partial charge in [-0.15, -0.1) is 0 Å². The van der Waals surface area contributed by atoms with E-state index in [1.165, 1.54) is 19.6 Å². The number of rotatable bonds is 5. The number of alkyl halides is 1. The van der Waals surface area contributed by atoms with Gasteiger partial charge in [0.05, 0.1) is 5.33 Å². The fourth-order valence-corrected chi connectivity index (χ4v) is 1.59. The molecule has 0 saturated heterocycles. The van der Waals surface area contributed by atoms with Crippen molar-refractivity contribution in [1.82, 2.24) is 4.90 Å². The molecular weight excluding hydrogens is 269 g/mol. The van der Waals surface area contributed by atoms with E-state index in [1.54, 1.807) is 0 Å². The summed E-state index contributed by atoms with van der Waals surface area (Å²) in [6, 6.07) is 0. The van der Waals surface area contributed by atoms with Gasteiger partial charge in [-0.3, -0.25) is 0 Å². The van der Waals surface area contributed by atoms with E-state index in [9.17, 15) is 4.57 Å². The Morgan fingerprint density at radius 1 is 1.29 bits per heavy atom. The Morgan fingerprint density at radius 3 is 1.64 bits per heavy atom. The van der Waals surface area contributed by atoms with Crippen LogP contribution in [-0.2, 0) is 4.57 Å². The highest BCUT2D eigenvalue weighted by Gasteiger charge is 2.23. The summed E-state index contributed by atoms with van der Waals surface area (Å²) in [5, 5.41) is 8.51. The highest BCUT2D eigenvalue weighted by Crippen LogP contribution is 2.20. The minimum atomic E-state index is -2.40. The molecule has 2 unspecified atom stereocenters. The van der Waals surface area contributed by atoms with Gasteiger partial charge in [-0.2, -0.15) is 4.89 Å². The maximum atomic E-state index is 9.80. The topological polar surface area (TPSA) is 60.8 Å². The van der Waals surface area contributed by atoms with Crippen LogP contribution in [0.25, 0.3) is 0 Å². The molecule has 0 bridgehead atoms. The molecular formula is C8H20BrNO3P+. The lowest BCUT2D eigenvalue weighted by molar-refractivity contribution is 0.262. The van der Waals surface area contributed by atoms with Gasteiger partial charge < -0.3 is 10.0 Å². The highest BCUT2D eigenvalue weighted by atomic mass is 79.9. The molecule has 0 aliphatic heterocycles. The Kier molecular flexibility index (Phi) is 13.9. The van der Waals surface area contributed by atoms with Crippen molar-refractivity contribution < 1.29 is 14.6 Å². The molecule has 0 aliphatic carbocycles. The monoisotopic (exact) mass is 288 g/mol. The van der Waals surface area contributed by atoms with E-state index in [0.717, 1.165) is 0 Å². The molecule has 0 rings (SSSR count). The number of nitrogens with zero attached hydrogens (tertiary/aromatic N) is 1. The van der Waals surface area contributed by atoms with Gasteiger partial charge in [-0.1, -0.05) is 36.7 Å². The van der Waals surface area contributed by atoms with E-state index in [2.05, 4.69) is 41.6 Å². The second-order valence-electron chi connectivity index (χ2n) is 2.56. The lowest BCUT2D eigenvalue weighted by atomic mass is 10.5. The van der Waals surface area contributed by atoms with Crippen LogP contribution < -0.4 is 0 Å². The molecule has 0 heterocycles. The predicted molar refractivity (Wildman–Crippen MR) is 63.1 cm³/mol. The summed E-state index contributed by atoms with van der Waals surface area (Å²) in [6.07, 6.45) is 0. The maximum absolute atomic E-state index is 9.80. The Hall–Kier alpha value is 0.460. The van der Waals surface area contributed by atoms with Crippen LogP contribution in [0.15, 0.2) is 0 Å². The average Bonchev–Trinajstić information content (AvgIpc) is 2.20. The molecule has 0 aliphatic rings. The molecule has 0 radical (unpaired) electrons. The first-order chi connectivity index (χ1) is 6.53. The zero-order valence-corrected chi connectivity index (χ0v) is 11.5. The second kappa shape index (κ2) is 11.5. The normalized spacial score (nSPS) is 13.2. The maximum Gasteiger partial charge on any atom is 0.538 e. The van der Waals surface area contributed by atoms with Crippen molar-refractivity contribution in [2.24, 2.45) is 0 Å². The third kappa shape index (κ3) is 10.5. The van der Waals surface area contributed by atoms with Crippen LogP contribution in [0.4, 0.5) is 0 Å². The van der Waals surface area contributed by atoms with E-state index in [0.29, 0.717) is 0 Å². The SMILES string of the molecule is CCN(CC)CC.O=[P+](O)C(O)CBr. The van der Waals surface area contributed by atoms with Gasteiger partial charge in [-0.05, 0) is 24.2 Å². The highest BCUT2D eigenvalue weighted by molar-refractivity contribution is 9.09. The molecule has 0 spiro atoms. The first kappa shape index (κ1) is 16.9. The van der Waals surface area contributed by atoms with E-state index >= 15 is 0 Å². The van der Waals surface area contributed by atoms with E-state index in [4.69, 9.17) is 10.00 Å². The standard InChI is InChI=1S/C6H15N.C2H4BrO3P/c1-4-7(5-2)6-3;3-1-2(4)7(5)6/h4-6H2,1-3H3;2,4H,1H2/p+1. The van der Waals surface area contributed by atoms with Crippen LogP contribution >= 0.6 is 24.0 Å². The molecule has 0 aromatic rings. The van der Waals surface area contributed by atoms with E-state index in [1.807, 2.05) is 0 Å². The lowest BCUT2D eigenvalue weighted by Gasteiger charge is -2.13. The summed E-state index contributed by atoms with van der Waals surface area (Å²) in [7, 11) is -2.40. The molecule has 0 saturated carbocycles. The minimum absolute atomic E-state index is 0.151. The van der Waals surface area contributed by atoms with Crippen LogP contribution in [0.2, 0.25) is 0 Å². The van der Waals surface area contributed by atoms with Crippen LogP contribution in [0.5, 0.6) is 0 Å². The van der Waals surface area contributed by atoms with Gasteiger partial charge in [0.1, 0.15) is 0 Å². The molecule has 0 aromatic carbocycles. The van der Waals surface area contributed by atoms with Gasteiger partial charge in [-0.25, -0.2) is 0 Å². The number of aliphatic hydroxyl groups is 1. The molecule has 14 heavy (non-hydrogen) atoms. The van der Waals surface area contributed by atoms with Crippen molar-refractivity contribution >= 4 is 24.0 Å². The minimum Gasteiger partial charge on any atom is -0.348 e. The summed E-state index contributed by atoms with van der Waals surface area (Å²) in [6.45, 7) is 10.1. The number of aliphatic hydroxyl groups excluding tert-OH is 1. The quantitative estimate of drug-likeness (QED) is 0.598. The smallest absolute Gasteiger partial charge is 0.348 e.